The van der Waals surface area contributed by atoms with Gasteiger partial charge >= 0.3 is 6.18 Å². The summed E-state index contributed by atoms with van der Waals surface area (Å²) in [6, 6.07) is 5.54. The van der Waals surface area contributed by atoms with Gasteiger partial charge in [0.15, 0.2) is 0 Å². The maximum absolute atomic E-state index is 12.4. The van der Waals surface area contributed by atoms with Crippen molar-refractivity contribution in [3.8, 4) is 5.75 Å². The smallest absolute Gasteiger partial charge is 0.455 e. The van der Waals surface area contributed by atoms with Gasteiger partial charge < -0.3 is 14.2 Å². The second-order valence-electron chi connectivity index (χ2n) is 5.56. The summed E-state index contributed by atoms with van der Waals surface area (Å²) in [5.74, 6) is 0.166. The van der Waals surface area contributed by atoms with Gasteiger partial charge in [0.1, 0.15) is 11.6 Å². The van der Waals surface area contributed by atoms with Crippen molar-refractivity contribution in [3.63, 3.8) is 0 Å². The third-order valence-electron chi connectivity index (χ3n) is 3.60. The number of imidazole rings is 1. The van der Waals surface area contributed by atoms with E-state index in [9.17, 15) is 13.2 Å². The van der Waals surface area contributed by atoms with Crippen LogP contribution in [0, 0.1) is 0 Å². The standard InChI is InChI=1S/C15H16F3N5O2/c1-23(8-13-21-14(22-25-13)15(16,17)18)6-5-12-19-10-4-3-9(24-2)7-11(10)20-12/h3-4,7H,5-6,8H2,1-2H3,(H,19,20). The number of aromatic amines is 1. The Labute approximate surface area is 140 Å². The fourth-order valence-corrected chi connectivity index (χ4v) is 2.33. The number of aromatic nitrogens is 4. The molecule has 0 atom stereocenters. The van der Waals surface area contributed by atoms with E-state index in [2.05, 4.69) is 24.6 Å². The molecule has 0 saturated heterocycles. The predicted octanol–water partition coefficient (Wildman–Crippen LogP) is 2.65. The van der Waals surface area contributed by atoms with E-state index in [4.69, 9.17) is 4.74 Å². The van der Waals surface area contributed by atoms with Crippen molar-refractivity contribution < 1.29 is 22.4 Å². The van der Waals surface area contributed by atoms with E-state index in [1.807, 2.05) is 18.2 Å². The quantitative estimate of drug-likeness (QED) is 0.732. The lowest BCUT2D eigenvalue weighted by atomic mass is 10.3. The fraction of sp³-hybridized carbons (Fsp3) is 0.400. The first kappa shape index (κ1) is 17.2. The van der Waals surface area contributed by atoms with Gasteiger partial charge in [0.2, 0.25) is 5.89 Å². The molecule has 25 heavy (non-hydrogen) atoms. The number of likely N-dealkylation sites (N-methyl/N-ethyl adjacent to an activating group) is 1. The summed E-state index contributed by atoms with van der Waals surface area (Å²) in [6.07, 6.45) is -4.01. The molecule has 2 aromatic heterocycles. The average Bonchev–Trinajstić information content (AvgIpc) is 3.18. The first-order valence-corrected chi connectivity index (χ1v) is 7.46. The van der Waals surface area contributed by atoms with E-state index < -0.39 is 12.0 Å². The molecule has 0 fully saturated rings. The van der Waals surface area contributed by atoms with E-state index in [1.54, 1.807) is 19.1 Å². The molecule has 0 aliphatic rings. The summed E-state index contributed by atoms with van der Waals surface area (Å²) in [7, 11) is 3.35. The number of H-pyrrole nitrogens is 1. The van der Waals surface area contributed by atoms with Gasteiger partial charge in [0.05, 0.1) is 24.7 Å². The molecular weight excluding hydrogens is 339 g/mol. The first-order valence-electron chi connectivity index (χ1n) is 7.46. The largest absolute Gasteiger partial charge is 0.497 e. The summed E-state index contributed by atoms with van der Waals surface area (Å²) < 4.78 is 47.1. The molecule has 0 radical (unpaired) electrons. The molecule has 2 heterocycles. The van der Waals surface area contributed by atoms with Crippen molar-refractivity contribution in [1.29, 1.82) is 0 Å². The number of hydrogen-bond donors (Lipinski definition) is 1. The van der Waals surface area contributed by atoms with Crippen LogP contribution in [0.1, 0.15) is 17.5 Å². The van der Waals surface area contributed by atoms with E-state index in [0.29, 0.717) is 13.0 Å². The minimum atomic E-state index is -4.60. The number of alkyl halides is 3. The van der Waals surface area contributed by atoms with Crippen molar-refractivity contribution in [1.82, 2.24) is 25.0 Å². The lowest BCUT2D eigenvalue weighted by molar-refractivity contribution is -0.146. The van der Waals surface area contributed by atoms with E-state index >= 15 is 0 Å². The molecule has 3 aromatic rings. The van der Waals surface area contributed by atoms with Gasteiger partial charge in [-0.15, -0.1) is 0 Å². The van der Waals surface area contributed by atoms with Crippen LogP contribution in [0.2, 0.25) is 0 Å². The fourth-order valence-electron chi connectivity index (χ4n) is 2.33. The van der Waals surface area contributed by atoms with Crippen molar-refractivity contribution in [3.05, 3.63) is 35.7 Å². The van der Waals surface area contributed by atoms with Crippen LogP contribution < -0.4 is 4.74 Å². The molecule has 3 rings (SSSR count). The predicted molar refractivity (Wildman–Crippen MR) is 82.0 cm³/mol. The van der Waals surface area contributed by atoms with Crippen LogP contribution in [0.25, 0.3) is 11.0 Å². The molecule has 0 aliphatic heterocycles. The Bertz CT molecular complexity index is 858. The third-order valence-corrected chi connectivity index (χ3v) is 3.60. The van der Waals surface area contributed by atoms with Gasteiger partial charge in [-0.2, -0.15) is 18.2 Å². The minimum Gasteiger partial charge on any atom is -0.497 e. The molecule has 0 amide bonds. The molecule has 7 nitrogen and oxygen atoms in total. The highest BCUT2D eigenvalue weighted by Gasteiger charge is 2.37. The molecule has 0 unspecified atom stereocenters. The zero-order chi connectivity index (χ0) is 18.0. The van der Waals surface area contributed by atoms with Crippen molar-refractivity contribution in [2.24, 2.45) is 0 Å². The molecule has 0 spiro atoms. The lowest BCUT2D eigenvalue weighted by Crippen LogP contribution is -2.21. The minimum absolute atomic E-state index is 0.0795. The number of benzene rings is 1. The molecule has 0 aliphatic carbocycles. The highest BCUT2D eigenvalue weighted by molar-refractivity contribution is 5.76. The molecular formula is C15H16F3N5O2. The first-order chi connectivity index (χ1) is 11.8. The van der Waals surface area contributed by atoms with E-state index in [-0.39, 0.29) is 12.4 Å². The van der Waals surface area contributed by atoms with Crippen molar-refractivity contribution in [2.75, 3.05) is 20.7 Å². The number of fused-ring (bicyclic) bond motifs is 1. The van der Waals surface area contributed by atoms with Gasteiger partial charge in [-0.1, -0.05) is 5.16 Å². The SMILES string of the molecule is COc1ccc2nc(CCN(C)Cc3nc(C(F)(F)F)no3)[nH]c2c1. The summed E-state index contributed by atoms with van der Waals surface area (Å²) in [6.45, 7) is 0.678. The van der Waals surface area contributed by atoms with Crippen LogP contribution in [-0.4, -0.2) is 45.7 Å². The molecule has 1 N–H and O–H groups in total. The van der Waals surface area contributed by atoms with E-state index in [0.717, 1.165) is 22.6 Å². The number of nitrogens with one attached hydrogen (secondary N) is 1. The highest BCUT2D eigenvalue weighted by atomic mass is 19.4. The Morgan fingerprint density at radius 1 is 1.28 bits per heavy atom. The Morgan fingerprint density at radius 2 is 2.08 bits per heavy atom. The number of methoxy groups -OCH3 is 1. The molecule has 10 heteroatoms. The summed E-state index contributed by atoms with van der Waals surface area (Å²) in [5.41, 5.74) is 1.69. The number of nitrogens with zero attached hydrogens (tertiary/aromatic N) is 4. The maximum atomic E-state index is 12.4. The Hall–Kier alpha value is -2.62. The van der Waals surface area contributed by atoms with Gasteiger partial charge in [-0.05, 0) is 19.2 Å². The zero-order valence-corrected chi connectivity index (χ0v) is 13.6. The van der Waals surface area contributed by atoms with Gasteiger partial charge in [-0.3, -0.25) is 4.90 Å². The van der Waals surface area contributed by atoms with E-state index in [1.165, 1.54) is 0 Å². The molecule has 0 bridgehead atoms. The van der Waals surface area contributed by atoms with Crippen LogP contribution in [0.4, 0.5) is 13.2 Å². The Balaban J connectivity index is 1.58. The normalized spacial score (nSPS) is 12.2. The summed E-state index contributed by atoms with van der Waals surface area (Å²) >= 11 is 0. The van der Waals surface area contributed by atoms with Gasteiger partial charge in [0.25, 0.3) is 5.82 Å². The second-order valence-corrected chi connectivity index (χ2v) is 5.56. The van der Waals surface area contributed by atoms with Crippen molar-refractivity contribution in [2.45, 2.75) is 19.1 Å². The van der Waals surface area contributed by atoms with Crippen molar-refractivity contribution >= 4 is 11.0 Å². The summed E-state index contributed by atoms with van der Waals surface area (Å²) in [4.78, 5) is 12.8. The monoisotopic (exact) mass is 355 g/mol. The molecule has 134 valence electrons. The van der Waals surface area contributed by atoms with Crippen LogP contribution in [0.15, 0.2) is 22.7 Å². The maximum Gasteiger partial charge on any atom is 0.455 e. The van der Waals surface area contributed by atoms with Gasteiger partial charge in [-0.25, -0.2) is 4.98 Å². The van der Waals surface area contributed by atoms with Crippen LogP contribution >= 0.6 is 0 Å². The third kappa shape index (κ3) is 4.08. The second kappa shape index (κ2) is 6.71. The van der Waals surface area contributed by atoms with Crippen LogP contribution in [-0.2, 0) is 19.1 Å². The topological polar surface area (TPSA) is 80.1 Å². The van der Waals surface area contributed by atoms with Gasteiger partial charge in [0, 0.05) is 19.0 Å². The lowest BCUT2D eigenvalue weighted by Gasteiger charge is -2.12. The highest BCUT2D eigenvalue weighted by Crippen LogP contribution is 2.26. The molecule has 0 saturated carbocycles. The molecule has 1 aromatic carbocycles. The summed E-state index contributed by atoms with van der Waals surface area (Å²) in [5, 5.41) is 2.94. The van der Waals surface area contributed by atoms with Crippen LogP contribution in [0.3, 0.4) is 0 Å². The number of ether oxygens (including phenoxy) is 1. The Morgan fingerprint density at radius 3 is 2.76 bits per heavy atom. The number of hydrogen-bond acceptors (Lipinski definition) is 6. The number of halogens is 3. The Kier molecular flexibility index (Phi) is 4.62. The zero-order valence-electron chi connectivity index (χ0n) is 13.6. The van der Waals surface area contributed by atoms with Crippen LogP contribution in [0.5, 0.6) is 5.75 Å². The average molecular weight is 355 g/mol. The number of rotatable bonds is 6.